The number of ether oxygens (including phenoxy) is 1. The molecule has 7 heteroatoms. The van der Waals surface area contributed by atoms with Crippen LogP contribution in [0, 0.1) is 5.92 Å². The minimum absolute atomic E-state index is 0.0838. The molecule has 3 heterocycles. The van der Waals surface area contributed by atoms with Crippen LogP contribution in [0.5, 0.6) is 5.75 Å². The van der Waals surface area contributed by atoms with Gasteiger partial charge in [0.1, 0.15) is 10.7 Å². The Morgan fingerprint density at radius 2 is 1.97 bits per heavy atom. The molecule has 0 bridgehead atoms. The number of H-pyrrole nitrogens is 1. The van der Waals surface area contributed by atoms with E-state index in [1.807, 2.05) is 49.6 Å². The molecule has 0 amide bonds. The van der Waals surface area contributed by atoms with Crippen LogP contribution in [0.3, 0.4) is 0 Å². The molecule has 166 valence electrons. The van der Waals surface area contributed by atoms with E-state index in [2.05, 4.69) is 11.9 Å². The van der Waals surface area contributed by atoms with Crippen molar-refractivity contribution in [2.75, 3.05) is 6.61 Å². The monoisotopic (exact) mass is 449 g/mol. The lowest BCUT2D eigenvalue weighted by Gasteiger charge is -2.13. The minimum atomic E-state index is -0.195. The third-order valence-corrected chi connectivity index (χ3v) is 6.04. The summed E-state index contributed by atoms with van der Waals surface area (Å²) >= 11 is 1.49. The number of pyridine rings is 1. The summed E-state index contributed by atoms with van der Waals surface area (Å²) in [5, 5.41) is 2.62. The van der Waals surface area contributed by atoms with Gasteiger partial charge >= 0.3 is 0 Å². The van der Waals surface area contributed by atoms with Gasteiger partial charge in [0.05, 0.1) is 18.5 Å². The van der Waals surface area contributed by atoms with Crippen LogP contribution in [0.4, 0.5) is 0 Å². The third-order valence-electron chi connectivity index (χ3n) is 5.17. The maximum absolute atomic E-state index is 13.6. The zero-order valence-corrected chi connectivity index (χ0v) is 19.4. The fourth-order valence-corrected chi connectivity index (χ4v) is 4.56. The highest BCUT2D eigenvalue weighted by molar-refractivity contribution is 7.17. The van der Waals surface area contributed by atoms with Crippen LogP contribution < -0.4 is 15.7 Å². The number of benzene rings is 1. The van der Waals surface area contributed by atoms with Crippen molar-refractivity contribution in [2.24, 2.45) is 5.92 Å². The summed E-state index contributed by atoms with van der Waals surface area (Å²) in [4.78, 5) is 34.8. The molecule has 4 aromatic rings. The number of aromatic nitrogens is 3. The Morgan fingerprint density at radius 1 is 1.19 bits per heavy atom. The van der Waals surface area contributed by atoms with Crippen LogP contribution in [0.2, 0.25) is 0 Å². The Morgan fingerprint density at radius 3 is 2.66 bits per heavy atom. The standard InChI is InChI=1S/C25H27N3O3S/c1-4-8-22-27-24-23(19(15-32-24)17-9-6-5-7-10-17)25(30)28(22)13-18-11-20(29)21(12-26-18)31-14-16(2)3/h5-7,9-12,15-16H,4,8,13-14H2,1-3H3,(H,26,29). The molecule has 6 nitrogen and oxygen atoms in total. The average Bonchev–Trinajstić information content (AvgIpc) is 3.20. The molecule has 1 N–H and O–H groups in total. The van der Waals surface area contributed by atoms with Crippen LogP contribution >= 0.6 is 11.3 Å². The van der Waals surface area contributed by atoms with E-state index < -0.39 is 0 Å². The molecule has 0 aliphatic heterocycles. The number of aryl methyl sites for hydroxylation is 1. The van der Waals surface area contributed by atoms with Crippen molar-refractivity contribution in [3.63, 3.8) is 0 Å². The molecule has 4 rings (SSSR count). The van der Waals surface area contributed by atoms with Crippen molar-refractivity contribution < 1.29 is 4.74 Å². The number of fused-ring (bicyclic) bond motifs is 1. The Labute approximate surface area is 190 Å². The summed E-state index contributed by atoms with van der Waals surface area (Å²) in [6.07, 6.45) is 3.13. The van der Waals surface area contributed by atoms with Gasteiger partial charge in [-0.2, -0.15) is 0 Å². The first-order chi connectivity index (χ1) is 15.5. The van der Waals surface area contributed by atoms with Crippen LogP contribution in [0.15, 0.2) is 57.6 Å². The van der Waals surface area contributed by atoms with Gasteiger partial charge in [0.2, 0.25) is 5.43 Å². The van der Waals surface area contributed by atoms with Gasteiger partial charge in [0.25, 0.3) is 5.56 Å². The molecular weight excluding hydrogens is 422 g/mol. The molecule has 0 unspecified atom stereocenters. The Balaban J connectivity index is 1.77. The first-order valence-electron chi connectivity index (χ1n) is 10.9. The van der Waals surface area contributed by atoms with Crippen molar-refractivity contribution >= 4 is 21.6 Å². The summed E-state index contributed by atoms with van der Waals surface area (Å²) in [7, 11) is 0. The lowest BCUT2D eigenvalue weighted by molar-refractivity contribution is 0.267. The van der Waals surface area contributed by atoms with Gasteiger partial charge in [-0.1, -0.05) is 51.1 Å². The second-order valence-electron chi connectivity index (χ2n) is 8.26. The largest absolute Gasteiger partial charge is 0.488 e. The van der Waals surface area contributed by atoms with Gasteiger partial charge in [0.15, 0.2) is 5.75 Å². The second kappa shape index (κ2) is 9.53. The number of rotatable bonds is 8. The molecule has 0 spiro atoms. The van der Waals surface area contributed by atoms with Crippen molar-refractivity contribution in [1.82, 2.24) is 14.5 Å². The molecular formula is C25H27N3O3S. The van der Waals surface area contributed by atoms with E-state index >= 15 is 0 Å². The van der Waals surface area contributed by atoms with Gasteiger partial charge in [-0.25, -0.2) is 4.98 Å². The van der Waals surface area contributed by atoms with Gasteiger partial charge in [-0.15, -0.1) is 11.3 Å². The Hall–Kier alpha value is -3.19. The maximum Gasteiger partial charge on any atom is 0.263 e. The lowest BCUT2D eigenvalue weighted by atomic mass is 10.1. The maximum atomic E-state index is 13.6. The minimum Gasteiger partial charge on any atom is -0.488 e. The Kier molecular flexibility index (Phi) is 6.55. The fraction of sp³-hybridized carbons (Fsp3) is 0.320. The molecule has 1 aromatic carbocycles. The van der Waals surface area contributed by atoms with Crippen LogP contribution in [-0.4, -0.2) is 21.1 Å². The first kappa shape index (κ1) is 22.0. The van der Waals surface area contributed by atoms with E-state index in [1.54, 1.807) is 10.8 Å². The molecule has 0 saturated carbocycles. The summed E-state index contributed by atoms with van der Waals surface area (Å²) in [6, 6.07) is 11.4. The molecule has 3 aromatic heterocycles. The van der Waals surface area contributed by atoms with Gasteiger partial charge in [-0.3, -0.25) is 14.2 Å². The highest BCUT2D eigenvalue weighted by Gasteiger charge is 2.17. The number of hydrogen-bond donors (Lipinski definition) is 1. The number of nitrogens with zero attached hydrogens (tertiary/aromatic N) is 2. The quantitative estimate of drug-likeness (QED) is 0.417. The molecule has 0 aliphatic rings. The molecule has 32 heavy (non-hydrogen) atoms. The van der Waals surface area contributed by atoms with Crippen LogP contribution in [0.25, 0.3) is 21.3 Å². The number of nitrogens with one attached hydrogen (secondary N) is 1. The molecule has 0 fully saturated rings. The average molecular weight is 450 g/mol. The van der Waals surface area contributed by atoms with Gasteiger partial charge in [-0.05, 0) is 17.9 Å². The summed E-state index contributed by atoms with van der Waals surface area (Å²) < 4.78 is 7.26. The molecule has 0 saturated heterocycles. The SMILES string of the molecule is CCCc1nc2scc(-c3ccccc3)c2c(=O)n1Cc1cc(=O)c(OCC(C)C)c[nH]1. The van der Waals surface area contributed by atoms with Crippen molar-refractivity contribution in [3.05, 3.63) is 80.1 Å². The van der Waals surface area contributed by atoms with E-state index in [0.29, 0.717) is 35.8 Å². The highest BCUT2D eigenvalue weighted by Crippen LogP contribution is 2.31. The second-order valence-corrected chi connectivity index (χ2v) is 9.11. The van der Waals surface area contributed by atoms with Crippen molar-refractivity contribution in [3.8, 4) is 16.9 Å². The number of aromatic amines is 1. The van der Waals surface area contributed by atoms with E-state index in [4.69, 9.17) is 9.72 Å². The summed E-state index contributed by atoms with van der Waals surface area (Å²) in [5.74, 6) is 1.35. The topological polar surface area (TPSA) is 77.0 Å². The van der Waals surface area contributed by atoms with E-state index in [-0.39, 0.29) is 17.5 Å². The predicted molar refractivity (Wildman–Crippen MR) is 130 cm³/mol. The predicted octanol–water partition coefficient (Wildman–Crippen LogP) is 4.85. The van der Waals surface area contributed by atoms with Gasteiger partial charge < -0.3 is 9.72 Å². The van der Waals surface area contributed by atoms with E-state index in [0.717, 1.165) is 28.2 Å². The number of hydrogen-bond acceptors (Lipinski definition) is 5. The van der Waals surface area contributed by atoms with Gasteiger partial charge in [0, 0.05) is 35.3 Å². The smallest absolute Gasteiger partial charge is 0.263 e. The molecule has 0 radical (unpaired) electrons. The summed E-state index contributed by atoms with van der Waals surface area (Å²) in [5.41, 5.74) is 2.25. The molecule has 0 atom stereocenters. The fourth-order valence-electron chi connectivity index (χ4n) is 3.61. The normalized spacial score (nSPS) is 11.4. The third kappa shape index (κ3) is 4.53. The van der Waals surface area contributed by atoms with E-state index in [9.17, 15) is 9.59 Å². The lowest BCUT2D eigenvalue weighted by Crippen LogP contribution is -2.26. The van der Waals surface area contributed by atoms with Crippen molar-refractivity contribution in [2.45, 2.75) is 40.2 Å². The Bertz CT molecular complexity index is 1340. The zero-order valence-electron chi connectivity index (χ0n) is 18.6. The van der Waals surface area contributed by atoms with Crippen LogP contribution in [0.1, 0.15) is 38.7 Å². The number of thiophene rings is 1. The van der Waals surface area contributed by atoms with E-state index in [1.165, 1.54) is 17.4 Å². The van der Waals surface area contributed by atoms with Crippen molar-refractivity contribution in [1.29, 1.82) is 0 Å². The zero-order chi connectivity index (χ0) is 22.7. The van der Waals surface area contributed by atoms with Crippen LogP contribution in [-0.2, 0) is 13.0 Å². The highest BCUT2D eigenvalue weighted by atomic mass is 32.1. The molecule has 0 aliphatic carbocycles. The summed E-state index contributed by atoms with van der Waals surface area (Å²) in [6.45, 7) is 6.85. The first-order valence-corrected chi connectivity index (χ1v) is 11.8.